The van der Waals surface area contributed by atoms with Crippen LogP contribution in [0.4, 0.5) is 9.18 Å². The molecule has 0 saturated heterocycles. The van der Waals surface area contributed by atoms with Gasteiger partial charge in [0.1, 0.15) is 11.4 Å². The second-order valence-electron chi connectivity index (χ2n) is 10.9. The van der Waals surface area contributed by atoms with Gasteiger partial charge in [0.15, 0.2) is 0 Å². The van der Waals surface area contributed by atoms with Gasteiger partial charge in [0.25, 0.3) is 0 Å². The Hall–Kier alpha value is -2.82. The second kappa shape index (κ2) is 10.9. The molecule has 0 aliphatic heterocycles. The maximum absolute atomic E-state index is 13.5. The predicted molar refractivity (Wildman–Crippen MR) is 139 cm³/mol. The van der Waals surface area contributed by atoms with E-state index in [0.717, 1.165) is 24.0 Å². The van der Waals surface area contributed by atoms with E-state index in [-0.39, 0.29) is 29.6 Å². The van der Waals surface area contributed by atoms with Gasteiger partial charge in [-0.2, -0.15) is 13.1 Å². The number of pyridine rings is 1. The van der Waals surface area contributed by atoms with Gasteiger partial charge in [-0.1, -0.05) is 24.3 Å². The van der Waals surface area contributed by atoms with Gasteiger partial charge in [-0.25, -0.2) is 9.18 Å². The number of aromatic nitrogens is 1. The van der Waals surface area contributed by atoms with Crippen LogP contribution in [0.1, 0.15) is 52.1 Å². The molecular weight excluding hydrogens is 497 g/mol. The van der Waals surface area contributed by atoms with Crippen LogP contribution in [0.3, 0.4) is 0 Å². The first kappa shape index (κ1) is 27.2. The molecule has 2 aromatic rings. The number of ether oxygens (including phenoxy) is 1. The van der Waals surface area contributed by atoms with E-state index in [9.17, 15) is 22.2 Å². The Morgan fingerprint density at radius 3 is 2.59 bits per heavy atom. The first-order valence-corrected chi connectivity index (χ1v) is 13.9. The molecule has 1 amide bonds. The van der Waals surface area contributed by atoms with Crippen molar-refractivity contribution in [3.8, 4) is 11.1 Å². The van der Waals surface area contributed by atoms with Crippen molar-refractivity contribution < 1.29 is 26.9 Å². The number of nitrogens with zero attached hydrogens (tertiary/aromatic N) is 1. The zero-order valence-corrected chi connectivity index (χ0v) is 22.0. The number of amides is 1. The molecule has 1 heterocycles. The first-order valence-electron chi connectivity index (χ1n) is 12.5. The number of alkyl carbamates (subject to hydrolysis) is 1. The van der Waals surface area contributed by atoms with Crippen LogP contribution >= 0.6 is 0 Å². The van der Waals surface area contributed by atoms with Gasteiger partial charge < -0.3 is 10.1 Å². The Kier molecular flexibility index (Phi) is 8.01. The fraction of sp³-hybridized carbons (Fsp3) is 0.481. The van der Waals surface area contributed by atoms with Crippen LogP contribution in [-0.4, -0.2) is 41.7 Å². The smallest absolute Gasteiger partial charge is 0.407 e. The molecule has 5 atom stereocenters. The van der Waals surface area contributed by atoms with E-state index in [1.807, 2.05) is 51.1 Å². The lowest BCUT2D eigenvalue weighted by Crippen LogP contribution is -2.43. The zero-order valence-electron chi connectivity index (χ0n) is 21.2. The highest BCUT2D eigenvalue weighted by Gasteiger charge is 2.46. The molecule has 2 aliphatic rings. The molecule has 1 unspecified atom stereocenters. The molecule has 37 heavy (non-hydrogen) atoms. The van der Waals surface area contributed by atoms with Crippen LogP contribution < -0.4 is 10.0 Å². The Balaban J connectivity index is 1.46. The van der Waals surface area contributed by atoms with Crippen molar-refractivity contribution in [3.63, 3.8) is 0 Å². The van der Waals surface area contributed by atoms with E-state index in [4.69, 9.17) is 4.74 Å². The second-order valence-corrected chi connectivity index (χ2v) is 12.1. The van der Waals surface area contributed by atoms with Crippen LogP contribution in [0.25, 0.3) is 17.2 Å². The number of fused-ring (bicyclic) bond motifs is 1. The normalized spacial score (nSPS) is 26.1. The van der Waals surface area contributed by atoms with Crippen molar-refractivity contribution in [2.75, 3.05) is 0 Å². The Morgan fingerprint density at radius 2 is 1.95 bits per heavy atom. The number of carbonyl (C=O) groups excluding carboxylic acids is 1. The molecule has 0 radical (unpaired) electrons. The number of hydrogen-bond donors (Lipinski definition) is 3. The van der Waals surface area contributed by atoms with Crippen molar-refractivity contribution in [2.24, 2.45) is 17.8 Å². The molecule has 0 bridgehead atoms. The minimum Gasteiger partial charge on any atom is -0.444 e. The lowest BCUT2D eigenvalue weighted by atomic mass is 9.75. The molecule has 10 heteroatoms. The molecule has 3 N–H and O–H groups in total. The SMILES string of the molecule is CC(C)(C)OC(=O)NC1CC[C@@H]2[C@@H](C1)C[C@@H](NS(=O)(=O)O)[C@H]2/C=C/c1ccc(-c2cccc(F)c2)cn1. The molecule has 2 fully saturated rings. The summed E-state index contributed by atoms with van der Waals surface area (Å²) in [7, 11) is -4.38. The molecule has 8 nitrogen and oxygen atoms in total. The quantitative estimate of drug-likeness (QED) is 0.452. The van der Waals surface area contributed by atoms with Crippen LogP contribution in [0, 0.1) is 23.6 Å². The van der Waals surface area contributed by atoms with Gasteiger partial charge in [-0.15, -0.1) is 0 Å². The number of nitrogens with one attached hydrogen (secondary N) is 2. The average Bonchev–Trinajstić information content (AvgIpc) is 3.11. The summed E-state index contributed by atoms with van der Waals surface area (Å²) in [6.07, 6.45) is 7.85. The topological polar surface area (TPSA) is 118 Å². The van der Waals surface area contributed by atoms with Crippen molar-refractivity contribution >= 4 is 22.5 Å². The zero-order chi connectivity index (χ0) is 26.8. The lowest BCUT2D eigenvalue weighted by molar-refractivity contribution is 0.0474. The maximum atomic E-state index is 13.5. The molecule has 2 saturated carbocycles. The molecule has 200 valence electrons. The summed E-state index contributed by atoms with van der Waals surface area (Å²) >= 11 is 0. The molecule has 1 aromatic heterocycles. The number of carbonyl (C=O) groups is 1. The standard InChI is InChI=1S/C27H34FN3O5S/c1-27(2,3)36-26(32)30-22-10-11-23-19(14-22)15-25(31-37(33,34)35)24(23)12-9-21-8-7-18(16-29-21)17-5-4-6-20(28)13-17/h4-9,12-13,16,19,22-25,31H,10-11,14-15H2,1-3H3,(H,30,32)(H,33,34,35)/b12-9+/t19-,22?,23+,24-,25+/m0/s1. The minimum absolute atomic E-state index is 0.0535. The summed E-state index contributed by atoms with van der Waals surface area (Å²) in [6, 6.07) is 9.47. The van der Waals surface area contributed by atoms with Crippen LogP contribution in [-0.2, 0) is 15.0 Å². The summed E-state index contributed by atoms with van der Waals surface area (Å²) in [4.78, 5) is 16.7. The van der Waals surface area contributed by atoms with E-state index in [1.54, 1.807) is 12.3 Å². The van der Waals surface area contributed by atoms with Gasteiger partial charge in [-0.05, 0) is 94.0 Å². The van der Waals surface area contributed by atoms with Crippen LogP contribution in [0.2, 0.25) is 0 Å². The van der Waals surface area contributed by atoms with Crippen LogP contribution in [0.15, 0.2) is 48.7 Å². The summed E-state index contributed by atoms with van der Waals surface area (Å²) in [5.41, 5.74) is 1.63. The van der Waals surface area contributed by atoms with Gasteiger partial charge in [0.2, 0.25) is 0 Å². The van der Waals surface area contributed by atoms with E-state index >= 15 is 0 Å². The number of benzene rings is 1. The van der Waals surface area contributed by atoms with E-state index < -0.39 is 28.0 Å². The van der Waals surface area contributed by atoms with Crippen molar-refractivity contribution in [1.82, 2.24) is 15.0 Å². The van der Waals surface area contributed by atoms with Gasteiger partial charge in [0, 0.05) is 23.8 Å². The third-order valence-corrected chi connectivity index (χ3v) is 7.61. The highest BCUT2D eigenvalue weighted by Crippen LogP contribution is 2.47. The fourth-order valence-electron chi connectivity index (χ4n) is 5.60. The summed E-state index contributed by atoms with van der Waals surface area (Å²) < 4.78 is 54.1. The number of halogens is 1. The Labute approximate surface area is 217 Å². The average molecular weight is 532 g/mol. The lowest BCUT2D eigenvalue weighted by Gasteiger charge is -2.34. The molecule has 0 spiro atoms. The van der Waals surface area contributed by atoms with Gasteiger partial charge in [0.05, 0.1) is 5.69 Å². The molecular formula is C27H34FN3O5S. The summed E-state index contributed by atoms with van der Waals surface area (Å²) in [5.74, 6) is -0.0885. The van der Waals surface area contributed by atoms with E-state index in [0.29, 0.717) is 18.5 Å². The summed E-state index contributed by atoms with van der Waals surface area (Å²) in [6.45, 7) is 5.44. The Bertz CT molecular complexity index is 1240. The van der Waals surface area contributed by atoms with Gasteiger partial charge in [-0.3, -0.25) is 9.54 Å². The van der Waals surface area contributed by atoms with Crippen LogP contribution in [0.5, 0.6) is 0 Å². The third kappa shape index (κ3) is 7.59. The number of hydrogen-bond acceptors (Lipinski definition) is 5. The highest BCUT2D eigenvalue weighted by molar-refractivity contribution is 7.83. The third-order valence-electron chi connectivity index (χ3n) is 7.01. The largest absolute Gasteiger partial charge is 0.444 e. The molecule has 2 aliphatic carbocycles. The van der Waals surface area contributed by atoms with Crippen molar-refractivity contribution in [1.29, 1.82) is 0 Å². The predicted octanol–water partition coefficient (Wildman–Crippen LogP) is 4.99. The molecule has 4 rings (SSSR count). The van der Waals surface area contributed by atoms with E-state index in [2.05, 4.69) is 15.0 Å². The maximum Gasteiger partial charge on any atom is 0.407 e. The monoisotopic (exact) mass is 531 g/mol. The molecule has 1 aromatic carbocycles. The first-order chi connectivity index (χ1) is 17.4. The van der Waals surface area contributed by atoms with E-state index in [1.165, 1.54) is 12.1 Å². The fourth-order valence-corrected chi connectivity index (χ4v) is 6.24. The summed E-state index contributed by atoms with van der Waals surface area (Å²) in [5, 5.41) is 2.95. The van der Waals surface area contributed by atoms with Crippen molar-refractivity contribution in [2.45, 2.75) is 64.1 Å². The number of rotatable bonds is 6. The highest BCUT2D eigenvalue weighted by atomic mass is 32.2. The Morgan fingerprint density at radius 1 is 1.16 bits per heavy atom. The van der Waals surface area contributed by atoms with Gasteiger partial charge >= 0.3 is 16.4 Å². The van der Waals surface area contributed by atoms with Crippen molar-refractivity contribution in [3.05, 3.63) is 60.2 Å². The minimum atomic E-state index is -4.38.